The van der Waals surface area contributed by atoms with Gasteiger partial charge < -0.3 is 15.7 Å². The van der Waals surface area contributed by atoms with Crippen molar-refractivity contribution in [2.75, 3.05) is 18.0 Å². The third-order valence-electron chi connectivity index (χ3n) is 5.27. The van der Waals surface area contributed by atoms with Crippen LogP contribution >= 0.6 is 11.6 Å². The van der Waals surface area contributed by atoms with E-state index in [0.29, 0.717) is 31.6 Å². The molecule has 2 unspecified atom stereocenters. The summed E-state index contributed by atoms with van der Waals surface area (Å²) in [5.74, 6) is -1.96. The van der Waals surface area contributed by atoms with Crippen molar-refractivity contribution in [2.45, 2.75) is 38.1 Å². The molecule has 26 heavy (non-hydrogen) atoms. The fourth-order valence-corrected chi connectivity index (χ4v) is 3.98. The first-order chi connectivity index (χ1) is 12.3. The van der Waals surface area contributed by atoms with E-state index in [0.717, 1.165) is 12.8 Å². The summed E-state index contributed by atoms with van der Waals surface area (Å²) in [5.41, 5.74) is -0.0103. The van der Waals surface area contributed by atoms with E-state index in [9.17, 15) is 19.5 Å². The number of carboxylic acids is 1. The van der Waals surface area contributed by atoms with Crippen LogP contribution < -0.4 is 15.5 Å². The first kappa shape index (κ1) is 18.5. The van der Waals surface area contributed by atoms with E-state index in [4.69, 9.17) is 11.6 Å². The Morgan fingerprint density at radius 3 is 2.81 bits per heavy atom. The molecule has 1 aromatic carbocycles. The van der Waals surface area contributed by atoms with Crippen molar-refractivity contribution in [3.05, 3.63) is 28.8 Å². The predicted molar refractivity (Wildman–Crippen MR) is 97.7 cm³/mol. The molecule has 140 valence electrons. The number of amides is 3. The summed E-state index contributed by atoms with van der Waals surface area (Å²) in [7, 11) is 0. The van der Waals surface area contributed by atoms with Crippen LogP contribution in [0, 0.1) is 5.92 Å². The Labute approximate surface area is 156 Å². The summed E-state index contributed by atoms with van der Waals surface area (Å²) < 4.78 is 0. The highest BCUT2D eigenvalue weighted by Gasteiger charge is 2.42. The molecule has 3 N–H and O–H groups in total. The Morgan fingerprint density at radius 1 is 1.38 bits per heavy atom. The molecule has 0 bridgehead atoms. The molecular weight excluding hydrogens is 358 g/mol. The van der Waals surface area contributed by atoms with E-state index >= 15 is 0 Å². The van der Waals surface area contributed by atoms with Crippen molar-refractivity contribution in [3.63, 3.8) is 0 Å². The zero-order valence-corrected chi connectivity index (χ0v) is 15.3. The van der Waals surface area contributed by atoms with Gasteiger partial charge in [-0.05, 0) is 38.0 Å². The van der Waals surface area contributed by atoms with Crippen LogP contribution in [0.3, 0.4) is 0 Å². The lowest BCUT2D eigenvalue weighted by atomic mass is 9.73. The van der Waals surface area contributed by atoms with Crippen LogP contribution in [0.1, 0.15) is 43.0 Å². The van der Waals surface area contributed by atoms with Gasteiger partial charge in [0.05, 0.1) is 22.0 Å². The number of halogens is 1. The van der Waals surface area contributed by atoms with Gasteiger partial charge in [-0.25, -0.2) is 4.79 Å². The highest BCUT2D eigenvalue weighted by atomic mass is 35.5. The molecule has 0 spiro atoms. The van der Waals surface area contributed by atoms with Crippen molar-refractivity contribution in [2.24, 2.45) is 5.92 Å². The molecule has 2 atom stereocenters. The molecule has 1 saturated carbocycles. The summed E-state index contributed by atoms with van der Waals surface area (Å²) in [6, 6.07) is 4.62. The molecule has 3 amide bonds. The highest BCUT2D eigenvalue weighted by molar-refractivity contribution is 6.34. The van der Waals surface area contributed by atoms with Crippen molar-refractivity contribution >= 4 is 35.2 Å². The minimum Gasteiger partial charge on any atom is -0.481 e. The second kappa shape index (κ2) is 7.15. The van der Waals surface area contributed by atoms with Gasteiger partial charge in [-0.2, -0.15) is 0 Å². The maximum atomic E-state index is 12.8. The number of urea groups is 1. The largest absolute Gasteiger partial charge is 0.481 e. The maximum absolute atomic E-state index is 12.8. The number of carboxylic acid groups (broad SMARTS) is 1. The number of anilines is 1. The molecule has 7 nitrogen and oxygen atoms in total. The summed E-state index contributed by atoms with van der Waals surface area (Å²) in [6.07, 6.45) is 2.83. The van der Waals surface area contributed by atoms with E-state index < -0.39 is 23.3 Å². The van der Waals surface area contributed by atoms with Crippen molar-refractivity contribution in [1.29, 1.82) is 0 Å². The number of rotatable bonds is 4. The van der Waals surface area contributed by atoms with Crippen LogP contribution in [0.4, 0.5) is 10.5 Å². The van der Waals surface area contributed by atoms with E-state index in [1.54, 1.807) is 25.1 Å². The topological polar surface area (TPSA) is 98.7 Å². The summed E-state index contributed by atoms with van der Waals surface area (Å²) >= 11 is 6.20. The van der Waals surface area contributed by atoms with Crippen LogP contribution in [0.25, 0.3) is 0 Å². The van der Waals surface area contributed by atoms with E-state index in [2.05, 4.69) is 10.6 Å². The number of aliphatic carboxylic acids is 1. The minimum atomic E-state index is -0.902. The standard InChI is InChI=1S/C18H22ClN3O4/c1-18(7-3-2-4-13(18)16(24)25)21-15(23)12-10-11(5-6-14(12)19)22-9-8-20-17(22)26/h5-6,10,13H,2-4,7-9H2,1H3,(H,20,26)(H,21,23)(H,24,25). The van der Waals surface area contributed by atoms with Crippen molar-refractivity contribution in [3.8, 4) is 0 Å². The third kappa shape index (κ3) is 3.49. The summed E-state index contributed by atoms with van der Waals surface area (Å²) in [4.78, 5) is 37.8. The average molecular weight is 380 g/mol. The van der Waals surface area contributed by atoms with Crippen LogP contribution in [0.15, 0.2) is 18.2 Å². The molecule has 1 aliphatic heterocycles. The molecule has 1 saturated heterocycles. The molecule has 8 heteroatoms. The van der Waals surface area contributed by atoms with Gasteiger partial charge in [0.15, 0.2) is 0 Å². The fourth-order valence-electron chi connectivity index (χ4n) is 3.78. The predicted octanol–water partition coefficient (Wildman–Crippen LogP) is 2.63. The molecule has 2 fully saturated rings. The van der Waals surface area contributed by atoms with E-state index in [-0.39, 0.29) is 16.6 Å². The van der Waals surface area contributed by atoms with Gasteiger partial charge >= 0.3 is 12.0 Å². The first-order valence-corrected chi connectivity index (χ1v) is 9.10. The van der Waals surface area contributed by atoms with Gasteiger partial charge in [-0.15, -0.1) is 0 Å². The van der Waals surface area contributed by atoms with Crippen LogP contribution in [0.5, 0.6) is 0 Å². The zero-order chi connectivity index (χ0) is 18.9. The second-order valence-electron chi connectivity index (χ2n) is 7.06. The Morgan fingerprint density at radius 2 is 2.15 bits per heavy atom. The normalized spacial score (nSPS) is 25.7. The van der Waals surface area contributed by atoms with Crippen LogP contribution in [-0.2, 0) is 4.79 Å². The number of nitrogens with zero attached hydrogens (tertiary/aromatic N) is 1. The average Bonchev–Trinajstić information content (AvgIpc) is 3.01. The number of benzene rings is 1. The van der Waals surface area contributed by atoms with Gasteiger partial charge in [0.2, 0.25) is 0 Å². The lowest BCUT2D eigenvalue weighted by Gasteiger charge is -2.39. The molecule has 0 aromatic heterocycles. The lowest BCUT2D eigenvalue weighted by molar-refractivity contribution is -0.145. The highest BCUT2D eigenvalue weighted by Crippen LogP contribution is 2.34. The molecular formula is C18H22ClN3O4. The van der Waals surface area contributed by atoms with Gasteiger partial charge in [-0.1, -0.05) is 24.4 Å². The monoisotopic (exact) mass is 379 g/mol. The summed E-state index contributed by atoms with van der Waals surface area (Å²) in [5, 5.41) is 15.4. The lowest BCUT2D eigenvalue weighted by Crippen LogP contribution is -2.55. The number of nitrogens with one attached hydrogen (secondary N) is 2. The number of carbonyl (C=O) groups excluding carboxylic acids is 2. The van der Waals surface area contributed by atoms with Crippen LogP contribution in [-0.4, -0.2) is 41.6 Å². The molecule has 1 aromatic rings. The maximum Gasteiger partial charge on any atom is 0.321 e. The SMILES string of the molecule is CC1(NC(=O)c2cc(N3CCNC3=O)ccc2Cl)CCCCC1C(=O)O. The molecule has 3 rings (SSSR count). The minimum absolute atomic E-state index is 0.219. The second-order valence-corrected chi connectivity index (χ2v) is 7.46. The number of hydrogen-bond acceptors (Lipinski definition) is 3. The third-order valence-corrected chi connectivity index (χ3v) is 5.60. The molecule has 1 aliphatic carbocycles. The molecule has 0 radical (unpaired) electrons. The Hall–Kier alpha value is -2.28. The fraction of sp³-hybridized carbons (Fsp3) is 0.500. The van der Waals surface area contributed by atoms with Gasteiger partial charge in [0.1, 0.15) is 0 Å². The van der Waals surface area contributed by atoms with E-state index in [1.165, 1.54) is 4.90 Å². The Kier molecular flexibility index (Phi) is 5.09. The Bertz CT molecular complexity index is 754. The smallest absolute Gasteiger partial charge is 0.321 e. The van der Waals surface area contributed by atoms with Crippen LogP contribution in [0.2, 0.25) is 5.02 Å². The van der Waals surface area contributed by atoms with E-state index in [1.807, 2.05) is 0 Å². The molecule has 1 heterocycles. The Balaban J connectivity index is 1.85. The van der Waals surface area contributed by atoms with Gasteiger partial charge in [-0.3, -0.25) is 14.5 Å². The van der Waals surface area contributed by atoms with Gasteiger partial charge in [0.25, 0.3) is 5.91 Å². The summed E-state index contributed by atoms with van der Waals surface area (Å²) in [6.45, 7) is 2.83. The van der Waals surface area contributed by atoms with Crippen molar-refractivity contribution < 1.29 is 19.5 Å². The zero-order valence-electron chi connectivity index (χ0n) is 14.5. The first-order valence-electron chi connectivity index (χ1n) is 8.72. The molecule has 2 aliphatic rings. The number of hydrogen-bond donors (Lipinski definition) is 3. The van der Waals surface area contributed by atoms with Gasteiger partial charge in [0, 0.05) is 18.8 Å². The quantitative estimate of drug-likeness (QED) is 0.748. The number of carbonyl (C=O) groups is 3. The van der Waals surface area contributed by atoms with Crippen molar-refractivity contribution in [1.82, 2.24) is 10.6 Å².